The van der Waals surface area contributed by atoms with Crippen LogP contribution in [0.15, 0.2) is 17.0 Å². The van der Waals surface area contributed by atoms with Crippen molar-refractivity contribution in [3.05, 3.63) is 28.5 Å². The zero-order chi connectivity index (χ0) is 15.8. The van der Waals surface area contributed by atoms with Gasteiger partial charge in [-0.2, -0.15) is 4.31 Å². The lowest BCUT2D eigenvalue weighted by atomic mass is 10.1. The number of benzene rings is 1. The molecule has 21 heavy (non-hydrogen) atoms. The van der Waals surface area contributed by atoms with Gasteiger partial charge >= 0.3 is 0 Å². The van der Waals surface area contributed by atoms with Gasteiger partial charge in [-0.05, 0) is 38.4 Å². The summed E-state index contributed by atoms with van der Waals surface area (Å²) >= 11 is 5.96. The van der Waals surface area contributed by atoms with Gasteiger partial charge < -0.3 is 5.32 Å². The maximum atomic E-state index is 14.5. The second kappa shape index (κ2) is 6.20. The molecule has 1 aromatic carbocycles. The van der Waals surface area contributed by atoms with E-state index in [1.807, 2.05) is 13.8 Å². The lowest BCUT2D eigenvalue weighted by molar-refractivity contribution is 0.401. The Morgan fingerprint density at radius 2 is 2.10 bits per heavy atom. The molecule has 1 aliphatic rings. The predicted molar refractivity (Wildman–Crippen MR) is 81.3 cm³/mol. The summed E-state index contributed by atoms with van der Waals surface area (Å²) in [5, 5.41) is 3.03. The fourth-order valence-electron chi connectivity index (χ4n) is 2.85. The monoisotopic (exact) mass is 334 g/mol. The molecule has 0 saturated carbocycles. The number of sulfonamides is 1. The average Bonchev–Trinajstić information content (AvgIpc) is 2.73. The van der Waals surface area contributed by atoms with Crippen molar-refractivity contribution in [2.24, 2.45) is 5.92 Å². The Kier molecular flexibility index (Phi) is 4.92. The molecule has 1 fully saturated rings. The van der Waals surface area contributed by atoms with E-state index in [4.69, 9.17) is 11.6 Å². The molecule has 1 N–H and O–H groups in total. The lowest BCUT2D eigenvalue weighted by Crippen LogP contribution is -2.34. The van der Waals surface area contributed by atoms with Crippen molar-refractivity contribution >= 4 is 21.6 Å². The number of hydrogen-bond acceptors (Lipinski definition) is 3. The lowest BCUT2D eigenvalue weighted by Gasteiger charge is -2.22. The van der Waals surface area contributed by atoms with E-state index in [1.165, 1.54) is 16.4 Å². The van der Waals surface area contributed by atoms with E-state index in [9.17, 15) is 12.8 Å². The van der Waals surface area contributed by atoms with E-state index in [2.05, 4.69) is 5.32 Å². The third-order valence-electron chi connectivity index (χ3n) is 3.76. The first-order valence-electron chi connectivity index (χ1n) is 6.91. The molecule has 4 nitrogen and oxygen atoms in total. The van der Waals surface area contributed by atoms with Crippen LogP contribution in [0.1, 0.15) is 25.8 Å². The smallest absolute Gasteiger partial charge is 0.246 e. The SMILES string of the molecule is CNCc1cc(Cl)cc(S(=O)(=O)N2CC(C)CC2C)c1F. The van der Waals surface area contributed by atoms with Gasteiger partial charge in [0, 0.05) is 29.7 Å². The van der Waals surface area contributed by atoms with Gasteiger partial charge in [-0.25, -0.2) is 12.8 Å². The Balaban J connectivity index is 2.50. The highest BCUT2D eigenvalue weighted by molar-refractivity contribution is 7.89. The summed E-state index contributed by atoms with van der Waals surface area (Å²) in [6.07, 6.45) is 0.783. The van der Waals surface area contributed by atoms with Crippen LogP contribution in [0.5, 0.6) is 0 Å². The van der Waals surface area contributed by atoms with Crippen molar-refractivity contribution in [3.8, 4) is 0 Å². The minimum Gasteiger partial charge on any atom is -0.316 e. The van der Waals surface area contributed by atoms with Crippen LogP contribution in [-0.2, 0) is 16.6 Å². The Morgan fingerprint density at radius 3 is 2.62 bits per heavy atom. The number of nitrogens with zero attached hydrogens (tertiary/aromatic N) is 1. The predicted octanol–water partition coefficient (Wildman–Crippen LogP) is 2.62. The normalized spacial score (nSPS) is 23.7. The van der Waals surface area contributed by atoms with Crippen LogP contribution in [-0.4, -0.2) is 32.4 Å². The van der Waals surface area contributed by atoms with E-state index < -0.39 is 15.8 Å². The molecule has 1 saturated heterocycles. The highest BCUT2D eigenvalue weighted by Crippen LogP contribution is 2.32. The van der Waals surface area contributed by atoms with Gasteiger partial charge in [0.25, 0.3) is 0 Å². The molecule has 0 spiro atoms. The Morgan fingerprint density at radius 1 is 1.43 bits per heavy atom. The van der Waals surface area contributed by atoms with E-state index in [-0.39, 0.29) is 34.0 Å². The minimum absolute atomic E-state index is 0.129. The summed E-state index contributed by atoms with van der Waals surface area (Å²) in [4.78, 5) is -0.332. The molecule has 0 radical (unpaired) electrons. The molecule has 2 unspecified atom stereocenters. The topological polar surface area (TPSA) is 49.4 Å². The second-order valence-electron chi connectivity index (χ2n) is 5.67. The largest absolute Gasteiger partial charge is 0.316 e. The first-order chi connectivity index (χ1) is 9.77. The fourth-order valence-corrected chi connectivity index (χ4v) is 5.05. The van der Waals surface area contributed by atoms with Crippen LogP contribution in [0, 0.1) is 11.7 Å². The van der Waals surface area contributed by atoms with Gasteiger partial charge in [-0.15, -0.1) is 0 Å². The second-order valence-corrected chi connectivity index (χ2v) is 7.97. The quantitative estimate of drug-likeness (QED) is 0.920. The molecule has 1 heterocycles. The van der Waals surface area contributed by atoms with Crippen LogP contribution in [0.2, 0.25) is 5.02 Å². The van der Waals surface area contributed by atoms with E-state index in [1.54, 1.807) is 7.05 Å². The maximum absolute atomic E-state index is 14.5. The maximum Gasteiger partial charge on any atom is 0.246 e. The van der Waals surface area contributed by atoms with Crippen molar-refractivity contribution in [2.45, 2.75) is 37.8 Å². The third-order valence-corrected chi connectivity index (χ3v) is 5.96. The first kappa shape index (κ1) is 16.7. The summed E-state index contributed by atoms with van der Waals surface area (Å²) in [7, 11) is -2.20. The number of nitrogens with one attached hydrogen (secondary N) is 1. The molecular weight excluding hydrogens is 315 g/mol. The zero-order valence-electron chi connectivity index (χ0n) is 12.4. The highest BCUT2D eigenvalue weighted by atomic mass is 35.5. The highest BCUT2D eigenvalue weighted by Gasteiger charge is 2.38. The molecule has 0 bridgehead atoms. The molecule has 0 aromatic heterocycles. The van der Waals surface area contributed by atoms with Crippen LogP contribution >= 0.6 is 11.6 Å². The molecule has 2 atom stereocenters. The Bertz CT molecular complexity index is 636. The van der Waals surface area contributed by atoms with Crippen LogP contribution in [0.25, 0.3) is 0 Å². The number of rotatable bonds is 4. The van der Waals surface area contributed by atoms with Crippen molar-refractivity contribution in [1.29, 1.82) is 0 Å². The molecule has 1 aliphatic heterocycles. The first-order valence-corrected chi connectivity index (χ1v) is 8.73. The fraction of sp³-hybridized carbons (Fsp3) is 0.571. The summed E-state index contributed by atoms with van der Waals surface area (Å²) in [5.41, 5.74) is 0.253. The van der Waals surface area contributed by atoms with Gasteiger partial charge in [0.2, 0.25) is 10.0 Å². The van der Waals surface area contributed by atoms with Crippen LogP contribution in [0.4, 0.5) is 4.39 Å². The zero-order valence-corrected chi connectivity index (χ0v) is 13.9. The van der Waals surface area contributed by atoms with E-state index >= 15 is 0 Å². The molecule has 0 amide bonds. The van der Waals surface area contributed by atoms with Gasteiger partial charge in [-0.3, -0.25) is 0 Å². The third kappa shape index (κ3) is 3.23. The van der Waals surface area contributed by atoms with E-state index in [0.717, 1.165) is 6.42 Å². The average molecular weight is 335 g/mol. The standard InChI is InChI=1S/C14H20ClFN2O2S/c1-9-4-10(2)18(8-9)21(19,20)13-6-12(15)5-11(7-17-3)14(13)16/h5-6,9-10,17H,4,7-8H2,1-3H3. The van der Waals surface area contributed by atoms with Crippen molar-refractivity contribution in [2.75, 3.05) is 13.6 Å². The summed E-state index contributed by atoms with van der Waals surface area (Å²) in [5.74, 6) is -0.450. The van der Waals surface area contributed by atoms with E-state index in [0.29, 0.717) is 6.54 Å². The van der Waals surface area contributed by atoms with Crippen LogP contribution in [0.3, 0.4) is 0 Å². The minimum atomic E-state index is -3.87. The molecule has 7 heteroatoms. The van der Waals surface area contributed by atoms with Gasteiger partial charge in [0.05, 0.1) is 0 Å². The molecule has 2 rings (SSSR count). The van der Waals surface area contributed by atoms with Crippen molar-refractivity contribution in [1.82, 2.24) is 9.62 Å². The molecule has 1 aromatic rings. The summed E-state index contributed by atoms with van der Waals surface area (Å²) in [6, 6.07) is 2.51. The van der Waals surface area contributed by atoms with Gasteiger partial charge in [-0.1, -0.05) is 18.5 Å². The summed E-state index contributed by atoms with van der Waals surface area (Å²) in [6.45, 7) is 4.47. The Labute approximate surface area is 130 Å². The van der Waals surface area contributed by atoms with Crippen molar-refractivity contribution in [3.63, 3.8) is 0 Å². The van der Waals surface area contributed by atoms with Gasteiger partial charge in [0.15, 0.2) is 0 Å². The Hall–Kier alpha value is -0.690. The van der Waals surface area contributed by atoms with Gasteiger partial charge in [0.1, 0.15) is 10.7 Å². The number of hydrogen-bond donors (Lipinski definition) is 1. The molecule has 0 aliphatic carbocycles. The molecular formula is C14H20ClFN2O2S. The summed E-state index contributed by atoms with van der Waals surface area (Å²) < 4.78 is 41.3. The van der Waals surface area contributed by atoms with Crippen LogP contribution < -0.4 is 5.32 Å². The molecule has 118 valence electrons. The van der Waals surface area contributed by atoms with Crippen molar-refractivity contribution < 1.29 is 12.8 Å². The number of halogens is 2.